The van der Waals surface area contributed by atoms with Crippen molar-refractivity contribution in [2.24, 2.45) is 4.99 Å². The fraction of sp³-hybridized carbons (Fsp3) is 0.240. The Kier molecular flexibility index (Phi) is 5.78. The van der Waals surface area contributed by atoms with Crippen LogP contribution in [-0.4, -0.2) is 58.5 Å². The zero-order valence-electron chi connectivity index (χ0n) is 19.4. The number of allylic oxidation sites excluding steroid dienone is 1. The van der Waals surface area contributed by atoms with Crippen molar-refractivity contribution in [2.75, 3.05) is 18.4 Å². The van der Waals surface area contributed by atoms with E-state index in [1.54, 1.807) is 29.2 Å². The summed E-state index contributed by atoms with van der Waals surface area (Å²) >= 11 is 0. The first-order valence-corrected chi connectivity index (χ1v) is 12.8. The van der Waals surface area contributed by atoms with Crippen molar-refractivity contribution >= 4 is 34.4 Å². The molecule has 2 atom stereocenters. The number of carbonyl (C=O) groups excluding carboxylic acids is 1. The van der Waals surface area contributed by atoms with Gasteiger partial charge in [-0.05, 0) is 37.1 Å². The van der Waals surface area contributed by atoms with E-state index < -0.39 is 11.0 Å². The van der Waals surface area contributed by atoms with Gasteiger partial charge >= 0.3 is 0 Å². The maximum Gasteiger partial charge on any atom is 0.274 e. The zero-order chi connectivity index (χ0) is 24.6. The summed E-state index contributed by atoms with van der Waals surface area (Å²) in [6.07, 6.45) is 9.50. The smallest absolute Gasteiger partial charge is 0.274 e. The average molecular weight is 502 g/mol. The van der Waals surface area contributed by atoms with E-state index in [-0.39, 0.29) is 17.1 Å². The number of hydrogen-bond donors (Lipinski definition) is 1. The van der Waals surface area contributed by atoms with Gasteiger partial charge in [-0.25, -0.2) is 13.5 Å². The summed E-state index contributed by atoms with van der Waals surface area (Å²) in [6, 6.07) is 11.2. The number of carbonyl (C=O) groups is 1. The van der Waals surface area contributed by atoms with Crippen LogP contribution in [-0.2, 0) is 11.0 Å². The Morgan fingerprint density at radius 3 is 2.94 bits per heavy atom. The SMILES string of the molecule is Cc1ccc(-c2noc(C3CN(S(=O)C4C=NC=CC4)C3)n2)cc1NC(=O)c1cnc2ccccn12. The van der Waals surface area contributed by atoms with E-state index in [4.69, 9.17) is 4.52 Å². The number of hydrogen-bond acceptors (Lipinski definition) is 7. The molecule has 0 saturated carbocycles. The third kappa shape index (κ3) is 4.16. The number of pyridine rings is 1. The van der Waals surface area contributed by atoms with E-state index in [0.717, 1.165) is 17.5 Å². The second-order valence-corrected chi connectivity index (χ2v) is 10.5. The molecule has 0 radical (unpaired) electrons. The number of nitrogens with zero attached hydrogens (tertiary/aromatic N) is 6. The normalized spacial score (nSPS) is 18.9. The van der Waals surface area contributed by atoms with Crippen molar-refractivity contribution in [3.05, 3.63) is 78.2 Å². The number of aromatic nitrogens is 4. The van der Waals surface area contributed by atoms with E-state index in [1.165, 1.54) is 0 Å². The number of anilines is 1. The lowest BCUT2D eigenvalue weighted by molar-refractivity contribution is 0.102. The molecular weight excluding hydrogens is 478 g/mol. The molecule has 2 aliphatic heterocycles. The molecule has 10 nitrogen and oxygen atoms in total. The molecular formula is C25H23N7O3S. The van der Waals surface area contributed by atoms with Gasteiger partial charge in [-0.3, -0.25) is 14.2 Å². The molecule has 2 aliphatic rings. The van der Waals surface area contributed by atoms with E-state index in [1.807, 2.05) is 53.7 Å². The minimum Gasteiger partial charge on any atom is -0.339 e. The summed E-state index contributed by atoms with van der Waals surface area (Å²) in [5.74, 6) is 0.738. The molecule has 1 amide bonds. The predicted molar refractivity (Wildman–Crippen MR) is 136 cm³/mol. The number of aliphatic imine (C=N–C) groups is 1. The Morgan fingerprint density at radius 1 is 1.22 bits per heavy atom. The molecule has 3 aromatic heterocycles. The van der Waals surface area contributed by atoms with E-state index >= 15 is 0 Å². The molecule has 5 heterocycles. The van der Waals surface area contributed by atoms with Crippen LogP contribution in [0.4, 0.5) is 5.69 Å². The fourth-order valence-electron chi connectivity index (χ4n) is 4.23. The minimum absolute atomic E-state index is 0.0334. The van der Waals surface area contributed by atoms with E-state index in [2.05, 4.69) is 25.4 Å². The molecule has 11 heteroatoms. The van der Waals surface area contributed by atoms with Gasteiger partial charge in [0.1, 0.15) is 22.3 Å². The number of rotatable bonds is 6. The molecule has 1 saturated heterocycles. The van der Waals surface area contributed by atoms with Crippen LogP contribution in [0.1, 0.15) is 34.3 Å². The number of fused-ring (bicyclic) bond motifs is 1. The van der Waals surface area contributed by atoms with Gasteiger partial charge in [0.2, 0.25) is 11.7 Å². The lowest BCUT2D eigenvalue weighted by Gasteiger charge is -2.37. The maximum atomic E-state index is 13.0. The Bertz CT molecular complexity index is 1530. The summed E-state index contributed by atoms with van der Waals surface area (Å²) in [7, 11) is -1.12. The summed E-state index contributed by atoms with van der Waals surface area (Å²) in [4.78, 5) is 25.9. The van der Waals surface area contributed by atoms with E-state index in [0.29, 0.717) is 41.8 Å². The molecule has 0 bridgehead atoms. The third-order valence-corrected chi connectivity index (χ3v) is 8.00. The predicted octanol–water partition coefficient (Wildman–Crippen LogP) is 3.36. The molecule has 1 aromatic carbocycles. The summed E-state index contributed by atoms with van der Waals surface area (Å²) in [5.41, 5.74) is 3.44. The number of nitrogens with one attached hydrogen (secondary N) is 1. The second kappa shape index (κ2) is 9.25. The molecule has 0 spiro atoms. The third-order valence-electron chi connectivity index (χ3n) is 6.36. The first-order chi connectivity index (χ1) is 17.6. The van der Waals surface area contributed by atoms with Crippen LogP contribution in [0.25, 0.3) is 17.0 Å². The average Bonchev–Trinajstić information content (AvgIpc) is 3.53. The topological polar surface area (TPSA) is 118 Å². The van der Waals surface area contributed by atoms with Gasteiger partial charge in [0, 0.05) is 43.0 Å². The monoisotopic (exact) mass is 501 g/mol. The van der Waals surface area contributed by atoms with Crippen LogP contribution >= 0.6 is 0 Å². The van der Waals surface area contributed by atoms with Crippen molar-refractivity contribution in [3.63, 3.8) is 0 Å². The van der Waals surface area contributed by atoms with Crippen LogP contribution in [0.3, 0.4) is 0 Å². The molecule has 4 aromatic rings. The first-order valence-electron chi connectivity index (χ1n) is 11.6. The van der Waals surface area contributed by atoms with Gasteiger partial charge in [-0.2, -0.15) is 4.98 Å². The van der Waals surface area contributed by atoms with Gasteiger partial charge in [-0.1, -0.05) is 29.4 Å². The Labute approximate surface area is 209 Å². The number of aryl methyl sites for hydroxylation is 1. The van der Waals surface area contributed by atoms with Crippen molar-refractivity contribution in [1.82, 2.24) is 23.8 Å². The number of benzene rings is 1. The molecule has 2 unspecified atom stereocenters. The van der Waals surface area contributed by atoms with Crippen molar-refractivity contribution in [1.29, 1.82) is 0 Å². The van der Waals surface area contributed by atoms with Gasteiger partial charge in [0.25, 0.3) is 5.91 Å². The number of amides is 1. The summed E-state index contributed by atoms with van der Waals surface area (Å²) in [5, 5.41) is 7.04. The highest BCUT2D eigenvalue weighted by atomic mass is 32.2. The van der Waals surface area contributed by atoms with Crippen LogP contribution in [0.15, 0.2) is 70.6 Å². The zero-order valence-corrected chi connectivity index (χ0v) is 20.3. The molecule has 182 valence electrons. The molecule has 36 heavy (non-hydrogen) atoms. The fourth-order valence-corrected chi connectivity index (χ4v) is 5.72. The number of imidazole rings is 1. The van der Waals surface area contributed by atoms with Crippen molar-refractivity contribution in [2.45, 2.75) is 24.5 Å². The van der Waals surface area contributed by atoms with E-state index in [9.17, 15) is 9.00 Å². The quantitative estimate of drug-likeness (QED) is 0.433. The highest BCUT2D eigenvalue weighted by Crippen LogP contribution is 2.31. The standard InChI is InChI=1S/C25H23N7O3S/c1-16-7-8-17(11-20(16)28-24(33)21-13-27-22-6-2-3-10-32(21)22)23-29-25(35-30-23)18-14-31(15-18)36(34)19-5-4-9-26-12-19/h2-4,6-13,18-19H,5,14-15H2,1H3,(H,28,33). The molecule has 0 aliphatic carbocycles. The lowest BCUT2D eigenvalue weighted by Crippen LogP contribution is -2.49. The largest absolute Gasteiger partial charge is 0.339 e. The van der Waals surface area contributed by atoms with Gasteiger partial charge < -0.3 is 9.84 Å². The highest BCUT2D eigenvalue weighted by Gasteiger charge is 2.38. The van der Waals surface area contributed by atoms with Crippen molar-refractivity contribution < 1.29 is 13.5 Å². The Balaban J connectivity index is 1.15. The first kappa shape index (κ1) is 22.5. The van der Waals surface area contributed by atoms with Gasteiger partial charge in [0.05, 0.1) is 17.4 Å². The summed E-state index contributed by atoms with van der Waals surface area (Å²) < 4.78 is 21.9. The Hall–Kier alpha value is -3.96. The molecule has 6 rings (SSSR count). The molecule has 1 fully saturated rings. The van der Waals surface area contributed by atoms with Crippen LogP contribution in [0.2, 0.25) is 0 Å². The second-order valence-electron chi connectivity index (χ2n) is 8.79. The lowest BCUT2D eigenvalue weighted by atomic mass is 10.0. The van der Waals surface area contributed by atoms with Crippen molar-refractivity contribution in [3.8, 4) is 11.4 Å². The molecule has 1 N–H and O–H groups in total. The van der Waals surface area contributed by atoms with Crippen LogP contribution < -0.4 is 5.32 Å². The van der Waals surface area contributed by atoms with Gasteiger partial charge in [0.15, 0.2) is 0 Å². The van der Waals surface area contributed by atoms with Crippen LogP contribution in [0.5, 0.6) is 0 Å². The summed E-state index contributed by atoms with van der Waals surface area (Å²) in [6.45, 7) is 3.11. The highest BCUT2D eigenvalue weighted by molar-refractivity contribution is 7.84. The minimum atomic E-state index is -1.12. The van der Waals surface area contributed by atoms with Gasteiger partial charge in [-0.15, -0.1) is 0 Å². The maximum absolute atomic E-state index is 13.0. The van der Waals surface area contributed by atoms with Crippen LogP contribution in [0, 0.1) is 6.92 Å². The Morgan fingerprint density at radius 2 is 2.11 bits per heavy atom.